The molecule has 1 amide bonds. The van der Waals surface area contributed by atoms with Gasteiger partial charge in [0.05, 0.1) is 17.7 Å². The van der Waals surface area contributed by atoms with Crippen molar-refractivity contribution in [3.63, 3.8) is 0 Å². The first-order valence-electron chi connectivity index (χ1n) is 6.17. The highest BCUT2D eigenvalue weighted by atomic mass is 35.5. The maximum Gasteiger partial charge on any atom is 0.241 e. The van der Waals surface area contributed by atoms with E-state index in [2.05, 4.69) is 10.6 Å². The molecule has 4 nitrogen and oxygen atoms in total. The number of anilines is 1. The number of hydrogen-bond donors (Lipinski definition) is 2. The summed E-state index contributed by atoms with van der Waals surface area (Å²) in [4.78, 5) is 11.9. The third-order valence-corrected chi connectivity index (χ3v) is 3.17. The molecule has 18 heavy (non-hydrogen) atoms. The fourth-order valence-electron chi connectivity index (χ4n) is 1.99. The van der Waals surface area contributed by atoms with Crippen molar-refractivity contribution in [1.29, 1.82) is 0 Å². The third kappa shape index (κ3) is 3.15. The Labute approximate surface area is 112 Å². The van der Waals surface area contributed by atoms with E-state index in [1.54, 1.807) is 18.2 Å². The lowest BCUT2D eigenvalue weighted by Crippen LogP contribution is -2.35. The van der Waals surface area contributed by atoms with Crippen LogP contribution in [0.2, 0.25) is 5.02 Å². The maximum absolute atomic E-state index is 11.9. The number of carbonyl (C=O) groups is 1. The second kappa shape index (κ2) is 6.07. The number of benzene rings is 1. The van der Waals surface area contributed by atoms with Gasteiger partial charge in [-0.05, 0) is 44.5 Å². The minimum Gasteiger partial charge on any atom is -0.492 e. The standard InChI is InChI=1S/C13H17ClN2O2/c1-2-18-12-6-5-9(8-10(12)14)16-13(17)11-4-3-7-15-11/h5-6,8,11,15H,2-4,7H2,1H3,(H,16,17)/t11-/m0/s1. The van der Waals surface area contributed by atoms with Crippen molar-refractivity contribution in [1.82, 2.24) is 5.32 Å². The highest BCUT2D eigenvalue weighted by molar-refractivity contribution is 6.32. The Kier molecular flexibility index (Phi) is 4.44. The summed E-state index contributed by atoms with van der Waals surface area (Å²) in [5, 5.41) is 6.51. The van der Waals surface area contributed by atoms with Crippen molar-refractivity contribution in [3.8, 4) is 5.75 Å². The molecule has 1 atom stereocenters. The summed E-state index contributed by atoms with van der Waals surface area (Å²) in [6.45, 7) is 3.37. The second-order valence-corrected chi connectivity index (χ2v) is 4.62. The Balaban J connectivity index is 2.00. The van der Waals surface area contributed by atoms with E-state index < -0.39 is 0 Å². The Bertz CT molecular complexity index is 431. The monoisotopic (exact) mass is 268 g/mol. The van der Waals surface area contributed by atoms with E-state index in [0.717, 1.165) is 19.4 Å². The number of ether oxygens (including phenoxy) is 1. The van der Waals surface area contributed by atoms with E-state index in [9.17, 15) is 4.79 Å². The van der Waals surface area contributed by atoms with Gasteiger partial charge >= 0.3 is 0 Å². The molecule has 0 radical (unpaired) electrons. The number of amides is 1. The van der Waals surface area contributed by atoms with Gasteiger partial charge in [0, 0.05) is 5.69 Å². The predicted octanol–water partition coefficient (Wildman–Crippen LogP) is 2.43. The average molecular weight is 269 g/mol. The van der Waals surface area contributed by atoms with Crippen LogP contribution < -0.4 is 15.4 Å². The van der Waals surface area contributed by atoms with E-state index in [1.807, 2.05) is 6.92 Å². The molecule has 2 rings (SSSR count). The molecule has 0 bridgehead atoms. The van der Waals surface area contributed by atoms with Crippen molar-refractivity contribution in [3.05, 3.63) is 23.2 Å². The first-order valence-corrected chi connectivity index (χ1v) is 6.55. The number of rotatable bonds is 4. The van der Waals surface area contributed by atoms with Gasteiger partial charge in [-0.3, -0.25) is 4.79 Å². The van der Waals surface area contributed by atoms with Crippen LogP contribution >= 0.6 is 11.6 Å². The molecular formula is C13H17ClN2O2. The summed E-state index contributed by atoms with van der Waals surface area (Å²) >= 11 is 6.06. The smallest absolute Gasteiger partial charge is 0.241 e. The van der Waals surface area contributed by atoms with Gasteiger partial charge in [0.15, 0.2) is 0 Å². The molecular weight excluding hydrogens is 252 g/mol. The average Bonchev–Trinajstić information content (AvgIpc) is 2.86. The zero-order valence-corrected chi connectivity index (χ0v) is 11.1. The quantitative estimate of drug-likeness (QED) is 0.882. The summed E-state index contributed by atoms with van der Waals surface area (Å²) in [6, 6.07) is 5.18. The van der Waals surface area contributed by atoms with Crippen LogP contribution in [0.25, 0.3) is 0 Å². The normalized spacial score (nSPS) is 18.7. The van der Waals surface area contributed by atoms with E-state index in [-0.39, 0.29) is 11.9 Å². The fourth-order valence-corrected chi connectivity index (χ4v) is 2.22. The zero-order valence-electron chi connectivity index (χ0n) is 10.3. The predicted molar refractivity (Wildman–Crippen MR) is 72.3 cm³/mol. The lowest BCUT2D eigenvalue weighted by atomic mass is 10.2. The Morgan fingerprint density at radius 2 is 2.44 bits per heavy atom. The molecule has 1 aromatic carbocycles. The van der Waals surface area contributed by atoms with E-state index in [0.29, 0.717) is 23.1 Å². The van der Waals surface area contributed by atoms with Gasteiger partial charge in [0.25, 0.3) is 0 Å². The SMILES string of the molecule is CCOc1ccc(NC(=O)[C@@H]2CCCN2)cc1Cl. The van der Waals surface area contributed by atoms with Crippen LogP contribution in [0, 0.1) is 0 Å². The van der Waals surface area contributed by atoms with Gasteiger partial charge < -0.3 is 15.4 Å². The minimum absolute atomic E-state index is 0.00673. The van der Waals surface area contributed by atoms with Crippen LogP contribution in [0.3, 0.4) is 0 Å². The van der Waals surface area contributed by atoms with E-state index in [1.165, 1.54) is 0 Å². The molecule has 0 saturated carbocycles. The second-order valence-electron chi connectivity index (χ2n) is 4.22. The Hall–Kier alpha value is -1.26. The Morgan fingerprint density at radius 1 is 1.61 bits per heavy atom. The molecule has 0 spiro atoms. The van der Waals surface area contributed by atoms with Crippen molar-refractivity contribution >= 4 is 23.2 Å². The third-order valence-electron chi connectivity index (χ3n) is 2.88. The maximum atomic E-state index is 11.9. The highest BCUT2D eigenvalue weighted by Gasteiger charge is 2.21. The molecule has 1 aliphatic heterocycles. The molecule has 98 valence electrons. The van der Waals surface area contributed by atoms with Gasteiger partial charge in [-0.2, -0.15) is 0 Å². The molecule has 0 unspecified atom stereocenters. The number of carbonyl (C=O) groups excluding carboxylic acids is 1. The van der Waals surface area contributed by atoms with Crippen LogP contribution in [0.15, 0.2) is 18.2 Å². The first-order chi connectivity index (χ1) is 8.70. The molecule has 1 heterocycles. The van der Waals surface area contributed by atoms with Gasteiger partial charge in [0.2, 0.25) is 5.91 Å². The van der Waals surface area contributed by atoms with Gasteiger partial charge in [-0.25, -0.2) is 0 Å². The lowest BCUT2D eigenvalue weighted by Gasteiger charge is -2.12. The molecule has 1 aromatic rings. The lowest BCUT2D eigenvalue weighted by molar-refractivity contribution is -0.117. The number of nitrogens with one attached hydrogen (secondary N) is 2. The summed E-state index contributed by atoms with van der Waals surface area (Å²) in [5.41, 5.74) is 0.696. The summed E-state index contributed by atoms with van der Waals surface area (Å²) in [7, 11) is 0. The molecule has 1 saturated heterocycles. The molecule has 1 fully saturated rings. The van der Waals surface area contributed by atoms with Crippen LogP contribution in [0.1, 0.15) is 19.8 Å². The Morgan fingerprint density at radius 3 is 3.06 bits per heavy atom. The summed E-state index contributed by atoms with van der Waals surface area (Å²) in [6.07, 6.45) is 1.93. The van der Waals surface area contributed by atoms with Crippen LogP contribution in [0.5, 0.6) is 5.75 Å². The summed E-state index contributed by atoms with van der Waals surface area (Å²) < 4.78 is 5.34. The molecule has 1 aliphatic rings. The van der Waals surface area contributed by atoms with Crippen molar-refractivity contribution in [2.24, 2.45) is 0 Å². The molecule has 5 heteroatoms. The fraction of sp³-hybridized carbons (Fsp3) is 0.462. The zero-order chi connectivity index (χ0) is 13.0. The van der Waals surface area contributed by atoms with Crippen LogP contribution in [0.4, 0.5) is 5.69 Å². The van der Waals surface area contributed by atoms with Crippen LogP contribution in [-0.2, 0) is 4.79 Å². The highest BCUT2D eigenvalue weighted by Crippen LogP contribution is 2.27. The molecule has 0 aromatic heterocycles. The van der Waals surface area contributed by atoms with Crippen molar-refractivity contribution < 1.29 is 9.53 Å². The van der Waals surface area contributed by atoms with Crippen LogP contribution in [-0.4, -0.2) is 25.1 Å². The topological polar surface area (TPSA) is 50.4 Å². The largest absolute Gasteiger partial charge is 0.492 e. The minimum atomic E-state index is -0.0876. The van der Waals surface area contributed by atoms with E-state index >= 15 is 0 Å². The molecule has 0 aliphatic carbocycles. The van der Waals surface area contributed by atoms with Crippen molar-refractivity contribution in [2.45, 2.75) is 25.8 Å². The summed E-state index contributed by atoms with van der Waals surface area (Å²) in [5.74, 6) is 0.629. The van der Waals surface area contributed by atoms with E-state index in [4.69, 9.17) is 16.3 Å². The molecule has 2 N–H and O–H groups in total. The number of hydrogen-bond acceptors (Lipinski definition) is 3. The van der Waals surface area contributed by atoms with Crippen molar-refractivity contribution in [2.75, 3.05) is 18.5 Å². The van der Waals surface area contributed by atoms with Gasteiger partial charge in [-0.15, -0.1) is 0 Å². The van der Waals surface area contributed by atoms with Gasteiger partial charge in [0.1, 0.15) is 5.75 Å². The number of halogens is 1. The first kappa shape index (κ1) is 13.2. The van der Waals surface area contributed by atoms with Gasteiger partial charge in [-0.1, -0.05) is 11.6 Å².